The molecule has 0 fully saturated rings. The first-order chi connectivity index (χ1) is 13.2. The van der Waals surface area contributed by atoms with Gasteiger partial charge in [0.2, 0.25) is 5.95 Å². The average molecular weight is 414 g/mol. The highest BCUT2D eigenvalue weighted by Gasteiger charge is 2.22. The zero-order chi connectivity index (χ0) is 20.6. The normalized spacial score (nSPS) is 11.5. The molecule has 0 aliphatic carbocycles. The van der Waals surface area contributed by atoms with E-state index >= 15 is 0 Å². The number of aromatic nitrogens is 3. The van der Waals surface area contributed by atoms with Gasteiger partial charge in [0.05, 0.1) is 16.8 Å². The smallest absolute Gasteiger partial charge is 0.269 e. The van der Waals surface area contributed by atoms with Gasteiger partial charge in [0.15, 0.2) is 0 Å². The minimum Gasteiger partial charge on any atom is -0.351 e. The molecule has 0 aliphatic rings. The van der Waals surface area contributed by atoms with Gasteiger partial charge < -0.3 is 5.32 Å². The van der Waals surface area contributed by atoms with Crippen molar-refractivity contribution in [1.82, 2.24) is 14.5 Å². The first-order valence-electron chi connectivity index (χ1n) is 8.62. The summed E-state index contributed by atoms with van der Waals surface area (Å²) in [5.41, 5.74) is 1.21. The molecule has 2 heterocycles. The van der Waals surface area contributed by atoms with Gasteiger partial charge >= 0.3 is 0 Å². The maximum absolute atomic E-state index is 13.5. The summed E-state index contributed by atoms with van der Waals surface area (Å²) in [5, 5.41) is 14.4. The maximum atomic E-state index is 13.5. The predicted octanol–water partition coefficient (Wildman–Crippen LogP) is 4.55. The van der Waals surface area contributed by atoms with E-state index in [9.17, 15) is 10.1 Å². The van der Waals surface area contributed by atoms with Crippen LogP contribution in [0, 0.1) is 18.3 Å². The lowest BCUT2D eigenvalue weighted by atomic mass is 10.1. The Morgan fingerprint density at radius 3 is 2.39 bits per heavy atom. The first kappa shape index (κ1) is 20.2. The lowest BCUT2D eigenvalue weighted by Gasteiger charge is -2.24. The van der Waals surface area contributed by atoms with Gasteiger partial charge in [-0.15, -0.1) is 11.8 Å². The molecular weight excluding hydrogens is 394 g/mol. The van der Waals surface area contributed by atoms with Gasteiger partial charge in [-0.05, 0) is 58.2 Å². The third kappa shape index (κ3) is 3.71. The van der Waals surface area contributed by atoms with Crippen LogP contribution in [0.5, 0.6) is 0 Å². The number of halogens is 1. The second-order valence-corrected chi connectivity index (χ2v) is 8.58. The molecule has 8 heteroatoms. The average Bonchev–Trinajstić information content (AvgIpc) is 2.61. The molecule has 144 valence electrons. The summed E-state index contributed by atoms with van der Waals surface area (Å²) in [4.78, 5) is 22.7. The molecule has 3 rings (SSSR count). The largest absolute Gasteiger partial charge is 0.351 e. The highest BCUT2D eigenvalue weighted by molar-refractivity contribution is 7.98. The molecule has 28 heavy (non-hydrogen) atoms. The van der Waals surface area contributed by atoms with Crippen LogP contribution in [0.1, 0.15) is 32.0 Å². The Balaban J connectivity index is 2.48. The van der Waals surface area contributed by atoms with Gasteiger partial charge in [-0.3, -0.25) is 4.79 Å². The van der Waals surface area contributed by atoms with E-state index in [0.29, 0.717) is 43.8 Å². The Morgan fingerprint density at radius 1 is 1.21 bits per heavy atom. The summed E-state index contributed by atoms with van der Waals surface area (Å²) in [6.07, 6.45) is 1.84. The van der Waals surface area contributed by atoms with Crippen LogP contribution in [0.3, 0.4) is 0 Å². The van der Waals surface area contributed by atoms with Crippen molar-refractivity contribution in [3.8, 4) is 11.8 Å². The molecule has 0 spiro atoms. The number of benzene rings is 1. The summed E-state index contributed by atoms with van der Waals surface area (Å²) in [6.45, 7) is 7.69. The Labute approximate surface area is 172 Å². The Hall–Kier alpha value is -2.56. The summed E-state index contributed by atoms with van der Waals surface area (Å²) in [5.74, 6) is 0.362. The standard InChI is InChI=1S/C20H20ClN5OS/c1-11-15-16(14(10-22)17(23-11)28-5)24-19(25-20(2,3)4)26(18(15)27)13-8-6-12(21)7-9-13/h6-9H,1-5H3,(H,24,25). The van der Waals surface area contributed by atoms with Gasteiger partial charge in [-0.1, -0.05) is 11.6 Å². The number of nitrogens with one attached hydrogen (secondary N) is 1. The van der Waals surface area contributed by atoms with Gasteiger partial charge in [0.1, 0.15) is 22.2 Å². The molecule has 2 aromatic heterocycles. The molecule has 1 aromatic carbocycles. The van der Waals surface area contributed by atoms with Crippen molar-refractivity contribution in [1.29, 1.82) is 5.26 Å². The zero-order valence-electron chi connectivity index (χ0n) is 16.3. The molecule has 0 radical (unpaired) electrons. The third-order valence-corrected chi connectivity index (χ3v) is 4.98. The highest BCUT2D eigenvalue weighted by atomic mass is 35.5. The van der Waals surface area contributed by atoms with Crippen molar-refractivity contribution in [3.05, 3.63) is 50.9 Å². The first-order valence-corrected chi connectivity index (χ1v) is 10.2. The van der Waals surface area contributed by atoms with Crippen molar-refractivity contribution in [2.75, 3.05) is 11.6 Å². The number of nitrogens with zero attached hydrogens (tertiary/aromatic N) is 4. The fraction of sp³-hybridized carbons (Fsp3) is 0.300. The van der Waals surface area contributed by atoms with Crippen molar-refractivity contribution >= 4 is 40.2 Å². The number of hydrogen-bond donors (Lipinski definition) is 1. The summed E-state index contributed by atoms with van der Waals surface area (Å²) >= 11 is 7.37. The van der Waals surface area contributed by atoms with Crippen molar-refractivity contribution in [2.24, 2.45) is 0 Å². The van der Waals surface area contributed by atoms with E-state index in [0.717, 1.165) is 0 Å². The molecule has 0 aliphatic heterocycles. The van der Waals surface area contributed by atoms with Crippen LogP contribution in [-0.2, 0) is 0 Å². The van der Waals surface area contributed by atoms with E-state index in [1.165, 1.54) is 16.3 Å². The molecule has 0 saturated heterocycles. The Morgan fingerprint density at radius 2 is 1.86 bits per heavy atom. The third-order valence-electron chi connectivity index (χ3n) is 4.04. The molecule has 0 saturated carbocycles. The lowest BCUT2D eigenvalue weighted by Crippen LogP contribution is -2.33. The van der Waals surface area contributed by atoms with Gasteiger partial charge in [0.25, 0.3) is 5.56 Å². The topological polar surface area (TPSA) is 83.6 Å². The van der Waals surface area contributed by atoms with E-state index < -0.39 is 0 Å². The zero-order valence-corrected chi connectivity index (χ0v) is 17.9. The van der Waals surface area contributed by atoms with Crippen LogP contribution in [0.25, 0.3) is 16.6 Å². The molecule has 0 atom stereocenters. The van der Waals surface area contributed by atoms with Crippen LogP contribution in [-0.4, -0.2) is 26.3 Å². The van der Waals surface area contributed by atoms with Crippen LogP contribution >= 0.6 is 23.4 Å². The van der Waals surface area contributed by atoms with E-state index in [1.807, 2.05) is 27.0 Å². The molecule has 6 nitrogen and oxygen atoms in total. The van der Waals surface area contributed by atoms with Crippen LogP contribution < -0.4 is 10.9 Å². The quantitative estimate of drug-likeness (QED) is 0.634. The fourth-order valence-corrected chi connectivity index (χ4v) is 3.59. The number of nitriles is 1. The van der Waals surface area contributed by atoms with Gasteiger partial charge in [-0.2, -0.15) is 5.26 Å². The van der Waals surface area contributed by atoms with Crippen LogP contribution in [0.15, 0.2) is 34.1 Å². The predicted molar refractivity (Wildman–Crippen MR) is 115 cm³/mol. The summed E-state index contributed by atoms with van der Waals surface area (Å²) in [6, 6.07) is 9.12. The Bertz CT molecular complexity index is 1160. The Kier molecular flexibility index (Phi) is 5.37. The van der Waals surface area contributed by atoms with E-state index in [1.54, 1.807) is 31.2 Å². The minimum absolute atomic E-state index is 0.284. The molecule has 1 N–H and O–H groups in total. The molecule has 0 bridgehead atoms. The number of thioether (sulfide) groups is 1. The second-order valence-electron chi connectivity index (χ2n) is 7.34. The number of pyridine rings is 1. The molecule has 3 aromatic rings. The van der Waals surface area contributed by atoms with Crippen molar-refractivity contribution in [2.45, 2.75) is 38.3 Å². The van der Waals surface area contributed by atoms with Crippen molar-refractivity contribution in [3.63, 3.8) is 0 Å². The van der Waals surface area contributed by atoms with E-state index in [-0.39, 0.29) is 11.1 Å². The summed E-state index contributed by atoms with van der Waals surface area (Å²) < 4.78 is 1.50. The minimum atomic E-state index is -0.349. The fourth-order valence-electron chi connectivity index (χ4n) is 2.89. The molecule has 0 unspecified atom stereocenters. The number of rotatable bonds is 3. The monoisotopic (exact) mass is 413 g/mol. The van der Waals surface area contributed by atoms with Gasteiger partial charge in [0, 0.05) is 10.6 Å². The number of fused-ring (bicyclic) bond motifs is 1. The number of hydrogen-bond acceptors (Lipinski definition) is 6. The SMILES string of the molecule is CSc1nc(C)c2c(=O)n(-c3ccc(Cl)cc3)c(NC(C)(C)C)nc2c1C#N. The highest BCUT2D eigenvalue weighted by Crippen LogP contribution is 2.28. The van der Waals surface area contributed by atoms with E-state index in [4.69, 9.17) is 16.6 Å². The van der Waals surface area contributed by atoms with Crippen molar-refractivity contribution < 1.29 is 0 Å². The van der Waals surface area contributed by atoms with Gasteiger partial charge in [-0.25, -0.2) is 14.5 Å². The summed E-state index contributed by atoms with van der Waals surface area (Å²) in [7, 11) is 0. The van der Waals surface area contributed by atoms with Crippen LogP contribution in [0.2, 0.25) is 5.02 Å². The number of anilines is 1. The van der Waals surface area contributed by atoms with Crippen LogP contribution in [0.4, 0.5) is 5.95 Å². The lowest BCUT2D eigenvalue weighted by molar-refractivity contribution is 0.621. The van der Waals surface area contributed by atoms with E-state index in [2.05, 4.69) is 16.4 Å². The number of aryl methyl sites for hydroxylation is 1. The molecule has 0 amide bonds. The maximum Gasteiger partial charge on any atom is 0.269 e. The molecular formula is C20H20ClN5OS. The second kappa shape index (κ2) is 7.46.